The van der Waals surface area contributed by atoms with Gasteiger partial charge in [0.05, 0.1) is 12.3 Å². The topological polar surface area (TPSA) is 57.6 Å². The number of carboxylic acid groups (broad SMARTS) is 1. The molecule has 1 aliphatic heterocycles. The van der Waals surface area contributed by atoms with E-state index in [1.807, 2.05) is 32.0 Å². The van der Waals surface area contributed by atoms with E-state index in [0.717, 1.165) is 16.7 Å². The number of hydrogen-bond donors (Lipinski definition) is 1. The lowest BCUT2D eigenvalue weighted by Gasteiger charge is -2.21. The Bertz CT molecular complexity index is 515. The molecule has 0 spiro atoms. The number of carboxylic acids is 1. The summed E-state index contributed by atoms with van der Waals surface area (Å²) >= 11 is 1.49. The lowest BCUT2D eigenvalue weighted by Crippen LogP contribution is -2.42. The molecule has 0 saturated carbocycles. The fourth-order valence-electron chi connectivity index (χ4n) is 2.15. The second-order valence-electron chi connectivity index (χ2n) is 4.82. The normalized spacial score (nSPS) is 18.6. The summed E-state index contributed by atoms with van der Waals surface area (Å²) in [6.45, 7) is 3.95. The molecule has 1 saturated heterocycles. The molecule has 1 N–H and O–H groups in total. The minimum atomic E-state index is -0.917. The summed E-state index contributed by atoms with van der Waals surface area (Å²) in [5, 5.41) is 9.09. The van der Waals surface area contributed by atoms with Gasteiger partial charge in [0.25, 0.3) is 0 Å². The maximum atomic E-state index is 12.2. The third-order valence-electron chi connectivity index (χ3n) is 3.33. The minimum absolute atomic E-state index is 0.105. The van der Waals surface area contributed by atoms with Crippen LogP contribution in [0.2, 0.25) is 0 Å². The van der Waals surface area contributed by atoms with Crippen LogP contribution in [0.3, 0.4) is 0 Å². The van der Waals surface area contributed by atoms with Crippen LogP contribution in [0.1, 0.15) is 16.7 Å². The zero-order valence-electron chi connectivity index (χ0n) is 11.0. The molecule has 1 heterocycles. The summed E-state index contributed by atoms with van der Waals surface area (Å²) < 4.78 is 0. The highest BCUT2D eigenvalue weighted by atomic mass is 32.2. The second-order valence-corrected chi connectivity index (χ2v) is 5.82. The Balaban J connectivity index is 2.12. The van der Waals surface area contributed by atoms with Crippen molar-refractivity contribution in [2.24, 2.45) is 0 Å². The fourth-order valence-corrected chi connectivity index (χ4v) is 3.32. The summed E-state index contributed by atoms with van der Waals surface area (Å²) in [6.07, 6.45) is 0.276. The van der Waals surface area contributed by atoms with E-state index in [2.05, 4.69) is 0 Å². The van der Waals surface area contributed by atoms with Crippen LogP contribution in [-0.4, -0.2) is 39.6 Å². The van der Waals surface area contributed by atoms with Gasteiger partial charge in [-0.05, 0) is 25.0 Å². The maximum Gasteiger partial charge on any atom is 0.327 e. The number of aliphatic carboxylic acids is 1. The van der Waals surface area contributed by atoms with Crippen LogP contribution in [0.5, 0.6) is 0 Å². The molecule has 102 valence electrons. The molecule has 0 bridgehead atoms. The third kappa shape index (κ3) is 3.10. The first kappa shape index (κ1) is 13.9. The van der Waals surface area contributed by atoms with E-state index in [1.54, 1.807) is 0 Å². The van der Waals surface area contributed by atoms with Crippen molar-refractivity contribution < 1.29 is 14.7 Å². The largest absolute Gasteiger partial charge is 0.480 e. The van der Waals surface area contributed by atoms with Gasteiger partial charge in [-0.15, -0.1) is 11.8 Å². The van der Waals surface area contributed by atoms with E-state index in [9.17, 15) is 9.59 Å². The molecule has 1 amide bonds. The smallest absolute Gasteiger partial charge is 0.327 e. The van der Waals surface area contributed by atoms with Crippen molar-refractivity contribution in [3.63, 3.8) is 0 Å². The van der Waals surface area contributed by atoms with Crippen LogP contribution < -0.4 is 0 Å². The van der Waals surface area contributed by atoms with Gasteiger partial charge >= 0.3 is 5.97 Å². The molecule has 1 aliphatic rings. The van der Waals surface area contributed by atoms with Gasteiger partial charge in [0.1, 0.15) is 6.04 Å². The van der Waals surface area contributed by atoms with Gasteiger partial charge in [0.15, 0.2) is 0 Å². The summed E-state index contributed by atoms with van der Waals surface area (Å²) in [6, 6.07) is 5.31. The molecule has 0 radical (unpaired) electrons. The molecule has 1 fully saturated rings. The summed E-state index contributed by atoms with van der Waals surface area (Å²) in [5.74, 6) is -0.0699. The van der Waals surface area contributed by atoms with E-state index >= 15 is 0 Å². The predicted octanol–water partition coefficient (Wildman–Crippen LogP) is 1.83. The predicted molar refractivity (Wildman–Crippen MR) is 75.2 cm³/mol. The Kier molecular flexibility index (Phi) is 4.14. The van der Waals surface area contributed by atoms with Crippen LogP contribution in [0, 0.1) is 13.8 Å². The molecular weight excluding hydrogens is 262 g/mol. The molecule has 0 aliphatic carbocycles. The quantitative estimate of drug-likeness (QED) is 0.917. The van der Waals surface area contributed by atoms with Crippen molar-refractivity contribution in [1.82, 2.24) is 4.90 Å². The Labute approximate surface area is 116 Å². The van der Waals surface area contributed by atoms with Crippen molar-refractivity contribution in [3.8, 4) is 0 Å². The van der Waals surface area contributed by atoms with E-state index in [0.29, 0.717) is 11.6 Å². The SMILES string of the molecule is Cc1ccc(C)c(CC(=O)N2CSC[C@H]2C(=O)O)c1. The van der Waals surface area contributed by atoms with E-state index in [-0.39, 0.29) is 12.3 Å². The third-order valence-corrected chi connectivity index (χ3v) is 4.35. The number of benzene rings is 1. The standard InChI is InChI=1S/C14H17NO3S/c1-9-3-4-10(2)11(5-9)6-13(16)15-8-19-7-12(15)14(17)18/h3-5,12H,6-8H2,1-2H3,(H,17,18)/t12-/m0/s1. The first-order valence-electron chi connectivity index (χ1n) is 6.15. The molecule has 4 nitrogen and oxygen atoms in total. The second kappa shape index (κ2) is 5.65. The van der Waals surface area contributed by atoms with E-state index in [4.69, 9.17) is 5.11 Å². The van der Waals surface area contributed by atoms with Gasteiger partial charge in [0.2, 0.25) is 5.91 Å². The number of hydrogen-bond acceptors (Lipinski definition) is 3. The van der Waals surface area contributed by atoms with Crippen LogP contribution in [0.15, 0.2) is 18.2 Å². The summed E-state index contributed by atoms with van der Waals surface area (Å²) in [7, 11) is 0. The number of thioether (sulfide) groups is 1. The van der Waals surface area contributed by atoms with Crippen LogP contribution in [0.25, 0.3) is 0 Å². The van der Waals surface area contributed by atoms with Crippen LogP contribution in [0.4, 0.5) is 0 Å². The van der Waals surface area contributed by atoms with Crippen LogP contribution >= 0.6 is 11.8 Å². The molecule has 19 heavy (non-hydrogen) atoms. The number of nitrogens with zero attached hydrogens (tertiary/aromatic N) is 1. The first-order chi connectivity index (χ1) is 8.99. The van der Waals surface area contributed by atoms with E-state index in [1.165, 1.54) is 16.7 Å². The van der Waals surface area contributed by atoms with Crippen molar-refractivity contribution in [3.05, 3.63) is 34.9 Å². The van der Waals surface area contributed by atoms with Gasteiger partial charge in [-0.3, -0.25) is 4.79 Å². The highest BCUT2D eigenvalue weighted by Gasteiger charge is 2.34. The molecule has 1 aromatic carbocycles. The molecule has 1 atom stereocenters. The molecule has 5 heteroatoms. The fraction of sp³-hybridized carbons (Fsp3) is 0.429. The zero-order chi connectivity index (χ0) is 14.0. The Hall–Kier alpha value is -1.49. The molecule has 0 unspecified atom stereocenters. The molecule has 2 rings (SSSR count). The minimum Gasteiger partial charge on any atom is -0.480 e. The van der Waals surface area contributed by atoms with Crippen molar-refractivity contribution in [1.29, 1.82) is 0 Å². The molecular formula is C14H17NO3S. The van der Waals surface area contributed by atoms with E-state index < -0.39 is 12.0 Å². The van der Waals surface area contributed by atoms with Gasteiger partial charge in [0, 0.05) is 5.75 Å². The Morgan fingerprint density at radius 2 is 2.16 bits per heavy atom. The maximum absolute atomic E-state index is 12.2. The highest BCUT2D eigenvalue weighted by Crippen LogP contribution is 2.22. The van der Waals surface area contributed by atoms with Crippen molar-refractivity contribution >= 4 is 23.6 Å². The average molecular weight is 279 g/mol. The summed E-state index contributed by atoms with van der Waals surface area (Å²) in [4.78, 5) is 24.8. The number of carbonyl (C=O) groups excluding carboxylic acids is 1. The number of carbonyl (C=O) groups is 2. The lowest BCUT2D eigenvalue weighted by molar-refractivity contribution is -0.147. The number of aryl methyl sites for hydroxylation is 2. The summed E-state index contributed by atoms with van der Waals surface area (Å²) in [5.41, 5.74) is 3.16. The number of amides is 1. The monoisotopic (exact) mass is 279 g/mol. The van der Waals surface area contributed by atoms with Gasteiger partial charge in [-0.25, -0.2) is 4.79 Å². The number of rotatable bonds is 3. The van der Waals surface area contributed by atoms with Gasteiger partial charge in [-0.2, -0.15) is 0 Å². The lowest BCUT2D eigenvalue weighted by atomic mass is 10.0. The van der Waals surface area contributed by atoms with Crippen molar-refractivity contribution in [2.45, 2.75) is 26.3 Å². The van der Waals surface area contributed by atoms with Crippen LogP contribution in [-0.2, 0) is 16.0 Å². The van der Waals surface area contributed by atoms with Gasteiger partial charge < -0.3 is 10.0 Å². The Morgan fingerprint density at radius 1 is 1.42 bits per heavy atom. The zero-order valence-corrected chi connectivity index (χ0v) is 11.9. The molecule has 0 aromatic heterocycles. The average Bonchev–Trinajstić information content (AvgIpc) is 2.83. The van der Waals surface area contributed by atoms with Crippen molar-refractivity contribution in [2.75, 3.05) is 11.6 Å². The Morgan fingerprint density at radius 3 is 2.84 bits per heavy atom. The molecule has 1 aromatic rings. The van der Waals surface area contributed by atoms with Gasteiger partial charge in [-0.1, -0.05) is 23.8 Å². The first-order valence-corrected chi connectivity index (χ1v) is 7.30. The highest BCUT2D eigenvalue weighted by molar-refractivity contribution is 7.99.